The van der Waals surface area contributed by atoms with Crippen molar-refractivity contribution in [2.24, 2.45) is 28.6 Å². The van der Waals surface area contributed by atoms with Gasteiger partial charge in [0, 0.05) is 27.6 Å². The molecule has 1 N–H and O–H groups in total. The van der Waals surface area contributed by atoms with Gasteiger partial charge in [-0.25, -0.2) is 13.6 Å². The zero-order chi connectivity index (χ0) is 31.5. The number of hydrogen-bond donors (Lipinski definition) is 1. The second-order valence-corrected chi connectivity index (χ2v) is 14.3. The van der Waals surface area contributed by atoms with Gasteiger partial charge in [0.15, 0.2) is 17.1 Å². The van der Waals surface area contributed by atoms with E-state index in [-0.39, 0.29) is 52.8 Å². The highest BCUT2D eigenvalue weighted by Crippen LogP contribution is 2.72. The van der Waals surface area contributed by atoms with Crippen molar-refractivity contribution in [2.45, 2.75) is 74.2 Å². The van der Waals surface area contributed by atoms with E-state index in [2.05, 4.69) is 0 Å². The van der Waals surface area contributed by atoms with Crippen molar-refractivity contribution < 1.29 is 41.8 Å². The highest BCUT2D eigenvalue weighted by molar-refractivity contribution is 8.14. The summed E-state index contributed by atoms with van der Waals surface area (Å²) in [4.78, 5) is 39.9. The molecule has 1 unspecified atom stereocenters. The van der Waals surface area contributed by atoms with Gasteiger partial charge in [0.1, 0.15) is 6.17 Å². The Kier molecular flexibility index (Phi) is 8.19. The molecule has 0 radical (unpaired) electrons. The van der Waals surface area contributed by atoms with E-state index >= 15 is 8.78 Å². The monoisotopic (exact) mass is 637 g/mol. The van der Waals surface area contributed by atoms with Crippen molar-refractivity contribution in [1.82, 2.24) is 0 Å². The summed E-state index contributed by atoms with van der Waals surface area (Å²) < 4.78 is 65.5. The van der Waals surface area contributed by atoms with Crippen LogP contribution in [0.1, 0.15) is 50.4 Å². The standard InChI is InChI=1S/C31H31F4NO5S2/c1-16-11-20-21-14-23(32)22-13-18(37)7-8-28(22,2)30(21,35)24(38)15-29(20,3)31(16,26(40)42-10-9-36)41-25(39)17-5-4-6-19(12-17)43-27(33)34/h4-8,12-13,16,20-21,23-24,27,38H,10-11,14-15H2,1-3H3/t16-,20+,21+,23+,24+,28+,29+,30?,31+/m1/s1. The number of esters is 1. The number of allylic oxidation sites excluding steroid dienone is 4. The molecule has 0 saturated heterocycles. The lowest BCUT2D eigenvalue weighted by Crippen LogP contribution is -2.70. The third kappa shape index (κ3) is 4.60. The number of nitriles is 1. The number of halogens is 4. The summed E-state index contributed by atoms with van der Waals surface area (Å²) in [5.74, 6) is -7.01. The molecule has 0 spiro atoms. The number of thioether (sulfide) groups is 2. The summed E-state index contributed by atoms with van der Waals surface area (Å²) in [6, 6.07) is 7.27. The van der Waals surface area contributed by atoms with Gasteiger partial charge in [0.05, 0.1) is 23.5 Å². The normalized spacial score (nSPS) is 39.8. The topological polar surface area (TPSA) is 104 Å². The van der Waals surface area contributed by atoms with E-state index in [4.69, 9.17) is 4.74 Å². The van der Waals surface area contributed by atoms with Gasteiger partial charge in [0.25, 0.3) is 5.76 Å². The zero-order valence-electron chi connectivity index (χ0n) is 23.7. The fraction of sp³-hybridized carbons (Fsp3) is 0.548. The summed E-state index contributed by atoms with van der Waals surface area (Å²) in [6.07, 6.45) is -0.365. The van der Waals surface area contributed by atoms with E-state index in [1.807, 2.05) is 6.07 Å². The van der Waals surface area contributed by atoms with Crippen molar-refractivity contribution in [3.8, 4) is 6.07 Å². The molecule has 3 fully saturated rings. The highest BCUT2D eigenvalue weighted by Gasteiger charge is 2.78. The second-order valence-electron chi connectivity index (χ2n) is 12.3. The van der Waals surface area contributed by atoms with Crippen molar-refractivity contribution in [1.29, 1.82) is 5.26 Å². The van der Waals surface area contributed by atoms with Crippen LogP contribution in [0.5, 0.6) is 0 Å². The fourth-order valence-electron chi connectivity index (χ4n) is 8.43. The Morgan fingerprint density at radius 3 is 2.63 bits per heavy atom. The van der Waals surface area contributed by atoms with Crippen LogP contribution in [0.3, 0.4) is 0 Å². The molecule has 1 aromatic rings. The summed E-state index contributed by atoms with van der Waals surface area (Å²) >= 11 is 0.878. The number of aliphatic hydroxyl groups is 1. The molecule has 0 bridgehead atoms. The van der Waals surface area contributed by atoms with Gasteiger partial charge >= 0.3 is 5.97 Å². The largest absolute Gasteiger partial charge is 0.446 e. The minimum atomic E-state index is -2.73. The number of ether oxygens (including phenoxy) is 1. The number of rotatable bonds is 6. The molecule has 43 heavy (non-hydrogen) atoms. The lowest BCUT2D eigenvalue weighted by atomic mass is 9.44. The van der Waals surface area contributed by atoms with Crippen LogP contribution in [0.15, 0.2) is 53.0 Å². The van der Waals surface area contributed by atoms with Crippen LogP contribution in [-0.4, -0.2) is 57.0 Å². The van der Waals surface area contributed by atoms with Gasteiger partial charge < -0.3 is 9.84 Å². The van der Waals surface area contributed by atoms with Gasteiger partial charge in [0.2, 0.25) is 5.12 Å². The maximum absolute atomic E-state index is 17.6. The molecular weight excluding hydrogens is 606 g/mol. The molecule has 4 aliphatic carbocycles. The van der Waals surface area contributed by atoms with Crippen LogP contribution in [0, 0.1) is 39.9 Å². The Bertz CT molecular complexity index is 1460. The molecule has 3 saturated carbocycles. The predicted octanol–water partition coefficient (Wildman–Crippen LogP) is 6.25. The Morgan fingerprint density at radius 1 is 1.23 bits per heavy atom. The smallest absolute Gasteiger partial charge is 0.339 e. The average molecular weight is 638 g/mol. The van der Waals surface area contributed by atoms with Crippen LogP contribution < -0.4 is 0 Å². The number of hydrogen-bond acceptors (Lipinski definition) is 8. The number of fused-ring (bicyclic) bond motifs is 5. The number of nitrogens with zero attached hydrogens (tertiary/aromatic N) is 1. The Hall–Kier alpha value is -2.62. The summed E-state index contributed by atoms with van der Waals surface area (Å²) in [6.45, 7) is 4.77. The lowest BCUT2D eigenvalue weighted by molar-refractivity contribution is -0.221. The molecule has 5 rings (SSSR count). The minimum absolute atomic E-state index is 0.0349. The van der Waals surface area contributed by atoms with Crippen molar-refractivity contribution >= 4 is 40.4 Å². The van der Waals surface area contributed by atoms with Gasteiger partial charge in [-0.3, -0.25) is 9.59 Å². The molecule has 0 amide bonds. The molecule has 230 valence electrons. The number of alkyl halides is 4. The van der Waals surface area contributed by atoms with Gasteiger partial charge in [-0.1, -0.05) is 49.5 Å². The van der Waals surface area contributed by atoms with Crippen LogP contribution in [0.2, 0.25) is 0 Å². The van der Waals surface area contributed by atoms with E-state index in [1.54, 1.807) is 13.8 Å². The SMILES string of the molecule is C[C@@H]1C[C@H]2[C@@H]3C[C@H](F)C4=CC(=O)C=C[C@]4(C)C3(F)[C@@H](O)C[C@]2(C)[C@@]1(OC(=O)c1cccc(SC(F)F)c1)C(=O)SCC#N. The predicted molar refractivity (Wildman–Crippen MR) is 153 cm³/mol. The molecule has 0 heterocycles. The van der Waals surface area contributed by atoms with E-state index in [1.165, 1.54) is 43.3 Å². The first-order chi connectivity index (χ1) is 20.2. The van der Waals surface area contributed by atoms with Crippen molar-refractivity contribution in [3.63, 3.8) is 0 Å². The summed E-state index contributed by atoms with van der Waals surface area (Å²) in [5, 5.41) is 20.2. The molecule has 4 aliphatic rings. The van der Waals surface area contributed by atoms with Crippen LogP contribution >= 0.6 is 23.5 Å². The highest BCUT2D eigenvalue weighted by atomic mass is 32.2. The molecule has 9 atom stereocenters. The van der Waals surface area contributed by atoms with Gasteiger partial charge in [-0.2, -0.15) is 14.0 Å². The van der Waals surface area contributed by atoms with Crippen LogP contribution in [-0.2, 0) is 14.3 Å². The number of carbonyl (C=O) groups is 3. The number of benzene rings is 1. The molecule has 6 nitrogen and oxygen atoms in total. The van der Waals surface area contributed by atoms with E-state index in [0.717, 1.165) is 6.08 Å². The average Bonchev–Trinajstić information content (AvgIpc) is 3.16. The van der Waals surface area contributed by atoms with Crippen LogP contribution in [0.25, 0.3) is 0 Å². The Morgan fingerprint density at radius 2 is 1.95 bits per heavy atom. The van der Waals surface area contributed by atoms with Crippen molar-refractivity contribution in [2.75, 3.05) is 5.75 Å². The molecule has 0 aromatic heterocycles. The number of carbonyl (C=O) groups excluding carboxylic acids is 3. The van der Waals surface area contributed by atoms with Crippen LogP contribution in [0.4, 0.5) is 17.6 Å². The van der Waals surface area contributed by atoms with Crippen molar-refractivity contribution in [3.05, 3.63) is 53.6 Å². The van der Waals surface area contributed by atoms with E-state index in [0.29, 0.717) is 11.8 Å². The Labute approximate surface area is 255 Å². The molecule has 12 heteroatoms. The second kappa shape index (κ2) is 11.1. The maximum Gasteiger partial charge on any atom is 0.339 e. The van der Waals surface area contributed by atoms with E-state index < -0.39 is 74.8 Å². The van der Waals surface area contributed by atoms with E-state index in [9.17, 15) is 33.5 Å². The summed E-state index contributed by atoms with van der Waals surface area (Å²) in [7, 11) is 0. The Balaban J connectivity index is 1.60. The third-order valence-corrected chi connectivity index (χ3v) is 11.8. The molecule has 1 aromatic carbocycles. The third-order valence-electron chi connectivity index (χ3n) is 10.3. The first-order valence-electron chi connectivity index (χ1n) is 13.9. The molecular formula is C31H31F4NO5S2. The lowest BCUT2D eigenvalue weighted by Gasteiger charge is -2.63. The quantitative estimate of drug-likeness (QED) is 0.222. The maximum atomic E-state index is 17.6. The zero-order valence-corrected chi connectivity index (χ0v) is 25.3. The first-order valence-corrected chi connectivity index (χ1v) is 15.8. The summed E-state index contributed by atoms with van der Waals surface area (Å²) in [5.41, 5.74) is -7.48. The number of ketones is 1. The molecule has 0 aliphatic heterocycles. The number of aliphatic hydroxyl groups excluding tert-OH is 1. The minimum Gasteiger partial charge on any atom is -0.446 e. The van der Waals surface area contributed by atoms with Gasteiger partial charge in [-0.15, -0.1) is 0 Å². The fourth-order valence-corrected chi connectivity index (χ4v) is 9.87. The first kappa shape index (κ1) is 31.8. The van der Waals surface area contributed by atoms with Gasteiger partial charge in [-0.05, 0) is 68.0 Å².